The first-order valence-electron chi connectivity index (χ1n) is 11.9. The Labute approximate surface area is 208 Å². The molecule has 3 heteroatoms. The molecule has 6 aromatic rings. The summed E-state index contributed by atoms with van der Waals surface area (Å²) in [5.41, 5.74) is 9.76. The molecule has 3 nitrogen and oxygen atoms in total. The summed E-state index contributed by atoms with van der Waals surface area (Å²) in [4.78, 5) is 0. The number of benzene rings is 5. The van der Waals surface area contributed by atoms with Gasteiger partial charge in [0.1, 0.15) is 12.1 Å². The summed E-state index contributed by atoms with van der Waals surface area (Å²) in [6.45, 7) is 0. The second-order valence-corrected chi connectivity index (χ2v) is 9.16. The number of nitrogens with zero attached hydrogens (tertiary/aromatic N) is 3. The van der Waals surface area contributed by atoms with Crippen molar-refractivity contribution in [3.05, 3.63) is 137 Å². The Morgan fingerprint density at radius 2 is 1.00 bits per heavy atom. The molecule has 166 valence electrons. The summed E-state index contributed by atoms with van der Waals surface area (Å²) in [7, 11) is 0. The fourth-order valence-corrected chi connectivity index (χ4v) is 5.89. The molecular weight excluding hydrogens is 438 g/mol. The fourth-order valence-electron chi connectivity index (χ4n) is 5.89. The molecule has 0 aliphatic heterocycles. The van der Waals surface area contributed by atoms with Crippen molar-refractivity contribution in [1.82, 2.24) is 4.57 Å². The minimum atomic E-state index is -0.0489. The Balaban J connectivity index is 1.64. The average Bonchev–Trinajstić information content (AvgIpc) is 3.45. The zero-order valence-corrected chi connectivity index (χ0v) is 19.3. The van der Waals surface area contributed by atoms with E-state index in [4.69, 9.17) is 0 Å². The number of hydrogen-bond donors (Lipinski definition) is 0. The molecule has 1 aromatic heterocycles. The van der Waals surface area contributed by atoms with Crippen LogP contribution in [0, 0.1) is 22.7 Å². The molecule has 0 N–H and O–H groups in total. The molecule has 1 aliphatic carbocycles. The second-order valence-electron chi connectivity index (χ2n) is 9.16. The number of nitriles is 2. The van der Waals surface area contributed by atoms with Crippen LogP contribution in [-0.4, -0.2) is 4.57 Å². The Morgan fingerprint density at radius 3 is 1.56 bits per heavy atom. The molecule has 0 spiro atoms. The van der Waals surface area contributed by atoms with Crippen LogP contribution in [0.2, 0.25) is 0 Å². The molecule has 0 saturated heterocycles. The predicted octanol–water partition coefficient (Wildman–Crippen LogP) is 7.69. The van der Waals surface area contributed by atoms with E-state index in [0.717, 1.165) is 33.1 Å². The van der Waals surface area contributed by atoms with Gasteiger partial charge in [-0.15, -0.1) is 0 Å². The van der Waals surface area contributed by atoms with Gasteiger partial charge in [-0.05, 0) is 52.1 Å². The van der Waals surface area contributed by atoms with Crippen LogP contribution in [0.4, 0.5) is 0 Å². The maximum Gasteiger partial charge on any atom is 0.101 e. The maximum absolute atomic E-state index is 9.96. The highest BCUT2D eigenvalue weighted by Crippen LogP contribution is 2.50. The van der Waals surface area contributed by atoms with Gasteiger partial charge in [0, 0.05) is 16.7 Å². The van der Waals surface area contributed by atoms with Gasteiger partial charge in [-0.2, -0.15) is 10.5 Å². The summed E-state index contributed by atoms with van der Waals surface area (Å²) in [5, 5.41) is 22.2. The molecule has 0 atom stereocenters. The third-order valence-electron chi connectivity index (χ3n) is 7.37. The molecule has 0 fully saturated rings. The van der Waals surface area contributed by atoms with Gasteiger partial charge in [0.25, 0.3) is 0 Å². The van der Waals surface area contributed by atoms with Crippen molar-refractivity contribution in [2.75, 3.05) is 0 Å². The number of hydrogen-bond acceptors (Lipinski definition) is 2. The Kier molecular flexibility index (Phi) is 4.34. The molecule has 0 saturated carbocycles. The van der Waals surface area contributed by atoms with Crippen molar-refractivity contribution >= 4 is 21.8 Å². The summed E-state index contributed by atoms with van der Waals surface area (Å²) in [5.74, 6) is -0.0489. The smallest absolute Gasteiger partial charge is 0.101 e. The van der Waals surface area contributed by atoms with Gasteiger partial charge in [-0.3, -0.25) is 0 Å². The third kappa shape index (κ3) is 2.72. The largest absolute Gasteiger partial charge is 0.309 e. The molecule has 7 rings (SSSR count). The summed E-state index contributed by atoms with van der Waals surface area (Å²) in [6, 6.07) is 42.1. The summed E-state index contributed by atoms with van der Waals surface area (Å²) < 4.78 is 2.26. The highest BCUT2D eigenvalue weighted by molar-refractivity contribution is 6.09. The van der Waals surface area contributed by atoms with Crippen LogP contribution in [-0.2, 0) is 0 Å². The highest BCUT2D eigenvalue weighted by atomic mass is 15.0. The van der Waals surface area contributed by atoms with Crippen LogP contribution in [0.25, 0.3) is 38.6 Å². The average molecular weight is 458 g/mol. The van der Waals surface area contributed by atoms with Crippen molar-refractivity contribution < 1.29 is 0 Å². The highest BCUT2D eigenvalue weighted by Gasteiger charge is 2.32. The van der Waals surface area contributed by atoms with Gasteiger partial charge < -0.3 is 4.57 Å². The lowest BCUT2D eigenvalue weighted by Crippen LogP contribution is -2.08. The van der Waals surface area contributed by atoms with Crippen LogP contribution < -0.4 is 0 Å². The number of fused-ring (bicyclic) bond motifs is 6. The SMILES string of the molecule is N#Cc1cc(C2c3ccccc3-c3ccccc32)c(-n2c3ccccc3c3ccccc32)cc1C#N. The van der Waals surface area contributed by atoms with Gasteiger partial charge >= 0.3 is 0 Å². The topological polar surface area (TPSA) is 52.5 Å². The third-order valence-corrected chi connectivity index (χ3v) is 7.37. The molecule has 0 unspecified atom stereocenters. The number of para-hydroxylation sites is 2. The monoisotopic (exact) mass is 457 g/mol. The van der Waals surface area contributed by atoms with Crippen molar-refractivity contribution in [3.63, 3.8) is 0 Å². The first-order valence-corrected chi connectivity index (χ1v) is 11.9. The maximum atomic E-state index is 9.96. The molecule has 1 aliphatic rings. The van der Waals surface area contributed by atoms with Crippen LogP contribution in [0.1, 0.15) is 33.7 Å². The molecule has 1 heterocycles. The van der Waals surface area contributed by atoms with Crippen LogP contribution in [0.5, 0.6) is 0 Å². The quantitative estimate of drug-likeness (QED) is 0.267. The lowest BCUT2D eigenvalue weighted by atomic mass is 9.86. The first kappa shape index (κ1) is 20.3. The van der Waals surface area contributed by atoms with Crippen molar-refractivity contribution in [1.29, 1.82) is 10.5 Å². The molecule has 0 radical (unpaired) electrons. The zero-order chi connectivity index (χ0) is 24.2. The van der Waals surface area contributed by atoms with Crippen molar-refractivity contribution in [2.24, 2.45) is 0 Å². The first-order chi connectivity index (χ1) is 17.8. The zero-order valence-electron chi connectivity index (χ0n) is 19.3. The lowest BCUT2D eigenvalue weighted by Gasteiger charge is -2.21. The molecule has 0 amide bonds. The minimum absolute atomic E-state index is 0.0489. The van der Waals surface area contributed by atoms with E-state index in [-0.39, 0.29) is 5.92 Å². The molecule has 5 aromatic carbocycles. The van der Waals surface area contributed by atoms with E-state index in [1.807, 2.05) is 24.3 Å². The molecular formula is C33H19N3. The van der Waals surface area contributed by atoms with Gasteiger partial charge in [0.2, 0.25) is 0 Å². The van der Waals surface area contributed by atoms with Crippen LogP contribution in [0.3, 0.4) is 0 Å². The molecule has 0 bridgehead atoms. The van der Waals surface area contributed by atoms with Gasteiger partial charge in [0.05, 0.1) is 27.8 Å². The van der Waals surface area contributed by atoms with E-state index < -0.39 is 0 Å². The van der Waals surface area contributed by atoms with Crippen molar-refractivity contribution in [3.8, 4) is 29.0 Å². The fraction of sp³-hybridized carbons (Fsp3) is 0.0303. The van der Waals surface area contributed by atoms with E-state index >= 15 is 0 Å². The van der Waals surface area contributed by atoms with Crippen LogP contribution >= 0.6 is 0 Å². The summed E-state index contributed by atoms with van der Waals surface area (Å²) in [6.07, 6.45) is 0. The van der Waals surface area contributed by atoms with Gasteiger partial charge in [-0.1, -0.05) is 84.9 Å². The Morgan fingerprint density at radius 1 is 0.528 bits per heavy atom. The lowest BCUT2D eigenvalue weighted by molar-refractivity contribution is 0.980. The molecule has 36 heavy (non-hydrogen) atoms. The second kappa shape index (κ2) is 7.70. The van der Waals surface area contributed by atoms with E-state index in [0.29, 0.717) is 11.1 Å². The number of aromatic nitrogens is 1. The van der Waals surface area contributed by atoms with Gasteiger partial charge in [-0.25, -0.2) is 0 Å². The standard InChI is InChI=1S/C33H19N3/c34-19-21-17-29(33-27-13-3-1-9-23(27)24-10-2-4-14-28(24)33)32(18-22(21)20-35)36-30-15-7-5-11-25(30)26-12-6-8-16-31(26)36/h1-18,33H. The Bertz CT molecular complexity index is 1830. The number of rotatable bonds is 2. The van der Waals surface area contributed by atoms with Gasteiger partial charge in [0.15, 0.2) is 0 Å². The summed E-state index contributed by atoms with van der Waals surface area (Å²) >= 11 is 0. The Hall–Kier alpha value is -5.12. The van der Waals surface area contributed by atoms with Crippen molar-refractivity contribution in [2.45, 2.75) is 5.92 Å². The van der Waals surface area contributed by atoms with Crippen LogP contribution in [0.15, 0.2) is 109 Å². The minimum Gasteiger partial charge on any atom is -0.309 e. The normalized spacial score (nSPS) is 12.3. The predicted molar refractivity (Wildman–Crippen MR) is 143 cm³/mol. The van der Waals surface area contributed by atoms with E-state index in [2.05, 4.69) is 102 Å². The van der Waals surface area contributed by atoms with E-state index in [9.17, 15) is 10.5 Å². The van der Waals surface area contributed by atoms with E-state index in [1.165, 1.54) is 22.3 Å². The van der Waals surface area contributed by atoms with E-state index in [1.54, 1.807) is 0 Å².